The van der Waals surface area contributed by atoms with Crippen LogP contribution in [0.15, 0.2) is 35.7 Å². The highest BCUT2D eigenvalue weighted by molar-refractivity contribution is 7.12. The molecule has 0 saturated heterocycles. The largest absolute Gasteiger partial charge is 0.381 e. The van der Waals surface area contributed by atoms with Crippen molar-refractivity contribution < 1.29 is 14.3 Å². The van der Waals surface area contributed by atoms with Gasteiger partial charge >= 0.3 is 0 Å². The number of carbonyl (C=O) groups excluding carboxylic acids is 2. The Balaban J connectivity index is 1.61. The molecule has 0 atom stereocenters. The number of nitrogens with two attached hydrogens (primary N) is 1. The number of hydrogen-bond acceptors (Lipinski definition) is 5. The van der Waals surface area contributed by atoms with Gasteiger partial charge in [-0.2, -0.15) is 0 Å². The first-order valence-corrected chi connectivity index (χ1v) is 11.6. The number of amides is 2. The van der Waals surface area contributed by atoms with Gasteiger partial charge in [-0.3, -0.25) is 15.0 Å². The van der Waals surface area contributed by atoms with E-state index in [9.17, 15) is 9.59 Å². The smallest absolute Gasteiger partial charge is 0.265 e. The topological polar surface area (TPSA) is 93.4 Å². The van der Waals surface area contributed by atoms with Crippen LogP contribution in [-0.2, 0) is 11.2 Å². The van der Waals surface area contributed by atoms with Crippen molar-refractivity contribution in [2.45, 2.75) is 51.9 Å². The summed E-state index contributed by atoms with van der Waals surface area (Å²) < 4.78 is 5.59. The summed E-state index contributed by atoms with van der Waals surface area (Å²) in [6.07, 6.45) is 7.32. The van der Waals surface area contributed by atoms with Crippen LogP contribution in [0.25, 0.3) is 0 Å². The molecule has 6 nitrogen and oxygen atoms in total. The number of carbonyl (C=O) groups is 2. The molecule has 0 aliphatic heterocycles. The molecular formula is C23H33N3O3S. The SMILES string of the molecule is CCCCCOCCCCCNNC(=O)c1ccc(Cc2ccsc2C(N)=O)cc1. The number of primary amides is 1. The van der Waals surface area contributed by atoms with E-state index in [1.165, 1.54) is 24.2 Å². The number of benzene rings is 1. The fourth-order valence-electron chi connectivity index (χ4n) is 3.05. The van der Waals surface area contributed by atoms with Gasteiger partial charge in [-0.05, 0) is 66.8 Å². The van der Waals surface area contributed by atoms with E-state index in [1.807, 2.05) is 23.6 Å². The third-order valence-corrected chi connectivity index (χ3v) is 5.74. The van der Waals surface area contributed by atoms with Gasteiger partial charge in [0.05, 0.1) is 4.88 Å². The number of unbranched alkanes of at least 4 members (excludes halogenated alkanes) is 4. The van der Waals surface area contributed by atoms with Crippen LogP contribution < -0.4 is 16.6 Å². The van der Waals surface area contributed by atoms with E-state index in [0.717, 1.165) is 56.6 Å². The Labute approximate surface area is 183 Å². The summed E-state index contributed by atoms with van der Waals surface area (Å²) in [6, 6.07) is 9.29. The number of hydrazine groups is 1. The van der Waals surface area contributed by atoms with Crippen LogP contribution >= 0.6 is 11.3 Å². The Morgan fingerprint density at radius 1 is 1.00 bits per heavy atom. The molecule has 164 valence electrons. The number of ether oxygens (including phenoxy) is 1. The highest BCUT2D eigenvalue weighted by Gasteiger charge is 2.11. The lowest BCUT2D eigenvalue weighted by Gasteiger charge is -2.08. The lowest BCUT2D eigenvalue weighted by atomic mass is 10.0. The minimum absolute atomic E-state index is 0.158. The van der Waals surface area contributed by atoms with Gasteiger partial charge in [-0.15, -0.1) is 11.3 Å². The molecule has 0 bridgehead atoms. The first kappa shape index (κ1) is 24.1. The second-order valence-electron chi connectivity index (χ2n) is 7.27. The second kappa shape index (κ2) is 13.9. The standard InChI is InChI=1S/C23H33N3O3S/c1-2-3-6-14-29-15-7-4-5-13-25-26-23(28)19-10-8-18(9-11-19)17-20-12-16-30-21(20)22(24)27/h8-12,16,25H,2-7,13-15,17H2,1H3,(H2,24,27)(H,26,28). The van der Waals surface area contributed by atoms with Crippen molar-refractivity contribution in [3.8, 4) is 0 Å². The van der Waals surface area contributed by atoms with Crippen LogP contribution in [-0.4, -0.2) is 31.6 Å². The van der Waals surface area contributed by atoms with E-state index in [0.29, 0.717) is 16.9 Å². The van der Waals surface area contributed by atoms with E-state index >= 15 is 0 Å². The van der Waals surface area contributed by atoms with Gasteiger partial charge in [0.2, 0.25) is 0 Å². The third kappa shape index (κ3) is 8.65. The molecule has 0 radical (unpaired) electrons. The maximum atomic E-state index is 12.2. The molecule has 0 saturated carbocycles. The monoisotopic (exact) mass is 431 g/mol. The molecular weight excluding hydrogens is 398 g/mol. The van der Waals surface area contributed by atoms with E-state index in [4.69, 9.17) is 10.5 Å². The Morgan fingerprint density at radius 2 is 1.73 bits per heavy atom. The average Bonchev–Trinajstić information content (AvgIpc) is 3.21. The molecule has 2 aromatic rings. The summed E-state index contributed by atoms with van der Waals surface area (Å²) >= 11 is 1.35. The van der Waals surface area contributed by atoms with E-state index in [-0.39, 0.29) is 5.91 Å². The quantitative estimate of drug-likeness (QED) is 0.293. The molecule has 2 amide bonds. The van der Waals surface area contributed by atoms with E-state index in [1.54, 1.807) is 12.1 Å². The summed E-state index contributed by atoms with van der Waals surface area (Å²) in [5.74, 6) is -0.560. The molecule has 0 aliphatic rings. The van der Waals surface area contributed by atoms with Gasteiger partial charge in [-0.25, -0.2) is 5.43 Å². The van der Waals surface area contributed by atoms with Crippen molar-refractivity contribution in [2.75, 3.05) is 19.8 Å². The first-order chi connectivity index (χ1) is 14.6. The van der Waals surface area contributed by atoms with Crippen molar-refractivity contribution >= 4 is 23.2 Å². The zero-order chi connectivity index (χ0) is 21.6. The summed E-state index contributed by atoms with van der Waals surface area (Å²) in [5.41, 5.74) is 13.6. The highest BCUT2D eigenvalue weighted by Crippen LogP contribution is 2.20. The second-order valence-corrected chi connectivity index (χ2v) is 8.19. The van der Waals surface area contributed by atoms with Crippen LogP contribution in [0, 0.1) is 0 Å². The summed E-state index contributed by atoms with van der Waals surface area (Å²) in [4.78, 5) is 24.2. The summed E-state index contributed by atoms with van der Waals surface area (Å²) in [7, 11) is 0. The molecule has 2 rings (SSSR count). The fraction of sp³-hybridized carbons (Fsp3) is 0.478. The van der Waals surface area contributed by atoms with Gasteiger partial charge in [-0.1, -0.05) is 31.9 Å². The van der Waals surface area contributed by atoms with E-state index in [2.05, 4.69) is 17.8 Å². The molecule has 0 fully saturated rings. The van der Waals surface area contributed by atoms with Crippen molar-refractivity contribution in [1.82, 2.24) is 10.9 Å². The van der Waals surface area contributed by atoms with Gasteiger partial charge in [0.15, 0.2) is 0 Å². The zero-order valence-corrected chi connectivity index (χ0v) is 18.6. The number of thiophene rings is 1. The molecule has 0 aliphatic carbocycles. The maximum absolute atomic E-state index is 12.2. The van der Waals surface area contributed by atoms with Gasteiger partial charge < -0.3 is 10.5 Å². The maximum Gasteiger partial charge on any atom is 0.265 e. The lowest BCUT2D eigenvalue weighted by Crippen LogP contribution is -2.37. The molecule has 1 heterocycles. The summed E-state index contributed by atoms with van der Waals surface area (Å²) in [6.45, 7) is 4.60. The minimum Gasteiger partial charge on any atom is -0.381 e. The summed E-state index contributed by atoms with van der Waals surface area (Å²) in [5, 5.41) is 1.86. The van der Waals surface area contributed by atoms with E-state index < -0.39 is 5.91 Å². The molecule has 0 unspecified atom stereocenters. The number of nitrogens with one attached hydrogen (secondary N) is 2. The Kier molecular flexibility index (Phi) is 11.1. The Bertz CT molecular complexity index is 774. The first-order valence-electron chi connectivity index (χ1n) is 10.7. The lowest BCUT2D eigenvalue weighted by molar-refractivity contribution is 0.0931. The van der Waals surface area contributed by atoms with Crippen molar-refractivity contribution in [3.05, 3.63) is 57.3 Å². The van der Waals surface area contributed by atoms with Crippen molar-refractivity contribution in [1.29, 1.82) is 0 Å². The predicted octanol–water partition coefficient (Wildman–Crippen LogP) is 4.05. The molecule has 1 aromatic heterocycles. The van der Waals surface area contributed by atoms with Crippen LogP contribution in [0.2, 0.25) is 0 Å². The van der Waals surface area contributed by atoms with Crippen molar-refractivity contribution in [2.24, 2.45) is 5.73 Å². The normalized spacial score (nSPS) is 10.8. The number of hydrogen-bond donors (Lipinski definition) is 3. The van der Waals surface area contributed by atoms with Gasteiger partial charge in [0.25, 0.3) is 11.8 Å². The molecule has 0 spiro atoms. The minimum atomic E-state index is -0.401. The Morgan fingerprint density at radius 3 is 2.43 bits per heavy atom. The van der Waals surface area contributed by atoms with Gasteiger partial charge in [0, 0.05) is 25.3 Å². The number of rotatable bonds is 15. The van der Waals surface area contributed by atoms with Crippen molar-refractivity contribution in [3.63, 3.8) is 0 Å². The molecule has 7 heteroatoms. The average molecular weight is 432 g/mol. The highest BCUT2D eigenvalue weighted by atomic mass is 32.1. The molecule has 4 N–H and O–H groups in total. The Hall–Kier alpha value is -2.22. The fourth-order valence-corrected chi connectivity index (χ4v) is 3.83. The molecule has 1 aromatic carbocycles. The molecule has 30 heavy (non-hydrogen) atoms. The van der Waals surface area contributed by atoms with Crippen LogP contribution in [0.5, 0.6) is 0 Å². The van der Waals surface area contributed by atoms with Gasteiger partial charge in [0.1, 0.15) is 0 Å². The predicted molar refractivity (Wildman–Crippen MR) is 122 cm³/mol. The van der Waals surface area contributed by atoms with Crippen LogP contribution in [0.4, 0.5) is 0 Å². The zero-order valence-electron chi connectivity index (χ0n) is 17.7. The van der Waals surface area contributed by atoms with Crippen LogP contribution in [0.3, 0.4) is 0 Å². The third-order valence-electron chi connectivity index (χ3n) is 4.77. The van der Waals surface area contributed by atoms with Crippen LogP contribution in [0.1, 0.15) is 76.6 Å².